The second-order valence-electron chi connectivity index (χ2n) is 7.40. The number of hydrogen-bond donors (Lipinski definition) is 1. The van der Waals surface area contributed by atoms with Crippen LogP contribution in [-0.4, -0.2) is 37.8 Å². The standard InChI is InChI=1S/C17H26N6O2/c1-11(2)6-9-23-12-13(21(4)16(25)22(5)14(12)24)19-15(23)20(3)10-17(18)7-8-17/h6H,7-10,18H2,1-5H3. The van der Waals surface area contributed by atoms with Gasteiger partial charge in [-0.15, -0.1) is 0 Å². The van der Waals surface area contributed by atoms with E-state index in [0.717, 1.165) is 23.0 Å². The summed E-state index contributed by atoms with van der Waals surface area (Å²) in [6.45, 7) is 5.20. The Morgan fingerprint density at radius 1 is 1.28 bits per heavy atom. The van der Waals surface area contributed by atoms with Crippen molar-refractivity contribution in [3.05, 3.63) is 32.5 Å². The minimum atomic E-state index is -0.379. The van der Waals surface area contributed by atoms with E-state index in [9.17, 15) is 9.59 Å². The molecular weight excluding hydrogens is 320 g/mol. The van der Waals surface area contributed by atoms with Crippen LogP contribution in [0.2, 0.25) is 0 Å². The van der Waals surface area contributed by atoms with Gasteiger partial charge in [0.05, 0.1) is 0 Å². The van der Waals surface area contributed by atoms with Gasteiger partial charge >= 0.3 is 5.69 Å². The van der Waals surface area contributed by atoms with Crippen LogP contribution in [0.25, 0.3) is 11.2 Å². The molecule has 0 unspecified atom stereocenters. The molecule has 0 atom stereocenters. The van der Waals surface area contributed by atoms with E-state index >= 15 is 0 Å². The number of nitrogens with zero attached hydrogens (tertiary/aromatic N) is 5. The van der Waals surface area contributed by atoms with Crippen molar-refractivity contribution in [3.8, 4) is 0 Å². The summed E-state index contributed by atoms with van der Waals surface area (Å²) in [5.41, 5.74) is 7.35. The van der Waals surface area contributed by atoms with Crippen molar-refractivity contribution < 1.29 is 0 Å². The van der Waals surface area contributed by atoms with Crippen molar-refractivity contribution in [2.24, 2.45) is 19.8 Å². The van der Waals surface area contributed by atoms with Crippen molar-refractivity contribution in [2.45, 2.75) is 38.8 Å². The van der Waals surface area contributed by atoms with Gasteiger partial charge < -0.3 is 15.2 Å². The number of rotatable bonds is 5. The first-order valence-electron chi connectivity index (χ1n) is 8.44. The van der Waals surface area contributed by atoms with Crippen LogP contribution in [0.15, 0.2) is 21.2 Å². The van der Waals surface area contributed by atoms with Gasteiger partial charge in [0.15, 0.2) is 11.2 Å². The van der Waals surface area contributed by atoms with Gasteiger partial charge in [0, 0.05) is 39.8 Å². The number of anilines is 1. The van der Waals surface area contributed by atoms with Crippen LogP contribution in [0.5, 0.6) is 0 Å². The highest BCUT2D eigenvalue weighted by Gasteiger charge is 2.40. The van der Waals surface area contributed by atoms with Crippen molar-refractivity contribution in [3.63, 3.8) is 0 Å². The molecule has 2 aromatic heterocycles. The van der Waals surface area contributed by atoms with Gasteiger partial charge in [-0.1, -0.05) is 11.6 Å². The van der Waals surface area contributed by atoms with Gasteiger partial charge in [-0.25, -0.2) is 4.79 Å². The normalized spacial score (nSPS) is 15.4. The summed E-state index contributed by atoms with van der Waals surface area (Å²) in [5.74, 6) is 0.655. The maximum atomic E-state index is 12.7. The van der Waals surface area contributed by atoms with E-state index in [2.05, 4.69) is 4.98 Å². The second kappa shape index (κ2) is 5.87. The molecule has 0 spiro atoms. The fourth-order valence-electron chi connectivity index (χ4n) is 3.03. The molecule has 1 aliphatic rings. The lowest BCUT2D eigenvalue weighted by Gasteiger charge is -2.22. The molecule has 0 aromatic carbocycles. The van der Waals surface area contributed by atoms with Gasteiger partial charge in [0.1, 0.15) is 0 Å². The van der Waals surface area contributed by atoms with E-state index < -0.39 is 0 Å². The molecule has 136 valence electrons. The van der Waals surface area contributed by atoms with Crippen LogP contribution in [0.4, 0.5) is 5.95 Å². The number of aromatic nitrogens is 4. The van der Waals surface area contributed by atoms with Crippen LogP contribution in [0.3, 0.4) is 0 Å². The molecular formula is C17H26N6O2. The lowest BCUT2D eigenvalue weighted by atomic mass is 10.3. The molecule has 3 rings (SSSR count). The first-order valence-corrected chi connectivity index (χ1v) is 8.44. The molecule has 1 fully saturated rings. The SMILES string of the molecule is CC(C)=CCn1c(N(C)CC2(N)CC2)nc2c1c(=O)n(C)c(=O)n2C. The number of imidazole rings is 1. The van der Waals surface area contributed by atoms with Gasteiger partial charge in [-0.3, -0.25) is 13.9 Å². The molecule has 0 bridgehead atoms. The number of allylic oxidation sites excluding steroid dienone is 2. The van der Waals surface area contributed by atoms with Crippen LogP contribution in [0, 0.1) is 0 Å². The number of aryl methyl sites for hydroxylation is 1. The fourth-order valence-corrected chi connectivity index (χ4v) is 3.03. The predicted molar refractivity (Wildman–Crippen MR) is 99.1 cm³/mol. The van der Waals surface area contributed by atoms with E-state index in [1.54, 1.807) is 7.05 Å². The fraction of sp³-hybridized carbons (Fsp3) is 0.588. The molecule has 1 saturated carbocycles. The lowest BCUT2D eigenvalue weighted by molar-refractivity contribution is 0.640. The third-order valence-corrected chi connectivity index (χ3v) is 4.80. The molecule has 1 aliphatic carbocycles. The van der Waals surface area contributed by atoms with Gasteiger partial charge in [0.25, 0.3) is 5.56 Å². The van der Waals surface area contributed by atoms with Crippen LogP contribution in [0.1, 0.15) is 26.7 Å². The highest BCUT2D eigenvalue weighted by atomic mass is 16.2. The Kier molecular flexibility index (Phi) is 4.10. The van der Waals surface area contributed by atoms with Crippen molar-refractivity contribution in [1.29, 1.82) is 0 Å². The average Bonchev–Trinajstić information content (AvgIpc) is 3.13. The highest BCUT2D eigenvalue weighted by molar-refractivity contribution is 5.74. The van der Waals surface area contributed by atoms with E-state index in [1.807, 2.05) is 36.4 Å². The predicted octanol–water partition coefficient (Wildman–Crippen LogP) is 0.327. The summed E-state index contributed by atoms with van der Waals surface area (Å²) >= 11 is 0. The average molecular weight is 346 g/mol. The summed E-state index contributed by atoms with van der Waals surface area (Å²) in [6.07, 6.45) is 4.02. The lowest BCUT2D eigenvalue weighted by Crippen LogP contribution is -2.38. The Morgan fingerprint density at radius 3 is 2.48 bits per heavy atom. The topological polar surface area (TPSA) is 91.1 Å². The largest absolute Gasteiger partial charge is 0.343 e. The molecule has 25 heavy (non-hydrogen) atoms. The van der Waals surface area contributed by atoms with Gasteiger partial charge in [-0.05, 0) is 26.7 Å². The summed E-state index contributed by atoms with van der Waals surface area (Å²) in [7, 11) is 5.05. The summed E-state index contributed by atoms with van der Waals surface area (Å²) in [5, 5.41) is 0. The number of likely N-dealkylation sites (N-methyl/N-ethyl adjacent to an activating group) is 1. The Balaban J connectivity index is 2.24. The van der Waals surface area contributed by atoms with Gasteiger partial charge in [0.2, 0.25) is 5.95 Å². The van der Waals surface area contributed by atoms with E-state index in [1.165, 1.54) is 11.6 Å². The first kappa shape index (κ1) is 17.5. The Morgan fingerprint density at radius 2 is 1.92 bits per heavy atom. The smallest absolute Gasteiger partial charge is 0.332 e. The first-order chi connectivity index (χ1) is 11.6. The Bertz CT molecular complexity index is 970. The summed E-state index contributed by atoms with van der Waals surface area (Å²) in [4.78, 5) is 31.6. The minimum Gasteiger partial charge on any atom is -0.343 e. The summed E-state index contributed by atoms with van der Waals surface area (Å²) in [6, 6.07) is 0. The third-order valence-electron chi connectivity index (χ3n) is 4.80. The van der Waals surface area contributed by atoms with E-state index in [4.69, 9.17) is 5.73 Å². The molecule has 2 heterocycles. The second-order valence-corrected chi connectivity index (χ2v) is 7.40. The monoisotopic (exact) mass is 346 g/mol. The number of nitrogens with two attached hydrogens (primary N) is 1. The Labute approximate surface area is 146 Å². The Hall–Kier alpha value is -2.35. The van der Waals surface area contributed by atoms with Crippen molar-refractivity contribution >= 4 is 17.1 Å². The molecule has 2 N–H and O–H groups in total. The van der Waals surface area contributed by atoms with Crippen LogP contribution < -0.4 is 21.9 Å². The van der Waals surface area contributed by atoms with E-state index in [0.29, 0.717) is 30.2 Å². The minimum absolute atomic E-state index is 0.176. The maximum absolute atomic E-state index is 12.7. The molecule has 8 heteroatoms. The molecule has 2 aromatic rings. The molecule has 0 aliphatic heterocycles. The summed E-state index contributed by atoms with van der Waals surface area (Å²) < 4.78 is 4.41. The molecule has 8 nitrogen and oxygen atoms in total. The maximum Gasteiger partial charge on any atom is 0.332 e. The highest BCUT2D eigenvalue weighted by Crippen LogP contribution is 2.34. The third kappa shape index (κ3) is 3.02. The van der Waals surface area contributed by atoms with Gasteiger partial charge in [-0.2, -0.15) is 4.98 Å². The van der Waals surface area contributed by atoms with Crippen molar-refractivity contribution in [1.82, 2.24) is 18.7 Å². The zero-order valence-electron chi connectivity index (χ0n) is 15.5. The zero-order chi connectivity index (χ0) is 18.5. The number of hydrogen-bond acceptors (Lipinski definition) is 5. The van der Waals surface area contributed by atoms with E-state index in [-0.39, 0.29) is 16.8 Å². The number of fused-ring (bicyclic) bond motifs is 1. The molecule has 0 radical (unpaired) electrons. The molecule has 0 amide bonds. The van der Waals surface area contributed by atoms with Crippen LogP contribution >= 0.6 is 0 Å². The zero-order valence-corrected chi connectivity index (χ0v) is 15.5. The van der Waals surface area contributed by atoms with Crippen LogP contribution in [-0.2, 0) is 20.6 Å². The molecule has 0 saturated heterocycles. The van der Waals surface area contributed by atoms with Crippen molar-refractivity contribution in [2.75, 3.05) is 18.5 Å². The quantitative estimate of drug-likeness (QED) is 0.788.